The fourth-order valence-corrected chi connectivity index (χ4v) is 6.66. The highest BCUT2D eigenvalue weighted by Gasteiger charge is 2.59. The summed E-state index contributed by atoms with van der Waals surface area (Å²) in [5.74, 6) is -1.19. The number of furan rings is 1. The Morgan fingerprint density at radius 3 is 2.58 bits per heavy atom. The van der Waals surface area contributed by atoms with Crippen molar-refractivity contribution in [2.75, 3.05) is 6.61 Å². The van der Waals surface area contributed by atoms with Gasteiger partial charge in [0.25, 0.3) is 5.91 Å². The molecule has 0 unspecified atom stereocenters. The number of rotatable bonds is 7. The van der Waals surface area contributed by atoms with Crippen molar-refractivity contribution < 1.29 is 28.6 Å². The standard InChI is InChI=1S/C32H38ClNO6/c1-5-19-10-6-7-11-23(19)27-29(39-18-22-17-20-16-21(33)13-14-24(20)40-22)26(32(2,3)4)28(31(36)37)34(27)30(35)25-12-8-9-15-38-25/h6-7,10-11,13-14,16-17,25-29H,5,8-9,12,15,18H2,1-4H3,(H,36,37)/t25-,26+,27-,28-,29-/m0/s1. The summed E-state index contributed by atoms with van der Waals surface area (Å²) in [7, 11) is 0. The van der Waals surface area contributed by atoms with E-state index in [9.17, 15) is 14.7 Å². The summed E-state index contributed by atoms with van der Waals surface area (Å²) in [5, 5.41) is 12.1. The number of fused-ring (bicyclic) bond motifs is 1. The van der Waals surface area contributed by atoms with Crippen LogP contribution in [0.2, 0.25) is 5.02 Å². The number of halogens is 1. The van der Waals surface area contributed by atoms with Gasteiger partial charge < -0.3 is 23.9 Å². The molecular formula is C32H38ClNO6. The maximum absolute atomic E-state index is 14.2. The zero-order valence-corrected chi connectivity index (χ0v) is 24.3. The molecule has 1 amide bonds. The first-order valence-corrected chi connectivity index (χ1v) is 14.5. The van der Waals surface area contributed by atoms with E-state index in [4.69, 9.17) is 25.5 Å². The van der Waals surface area contributed by atoms with Gasteiger partial charge in [-0.1, -0.05) is 63.6 Å². The molecule has 3 aromatic rings. The van der Waals surface area contributed by atoms with Crippen molar-refractivity contribution in [2.24, 2.45) is 11.3 Å². The Morgan fingerprint density at radius 2 is 1.90 bits per heavy atom. The number of aryl methyl sites for hydroxylation is 1. The number of aliphatic carboxylic acids is 1. The molecule has 2 fully saturated rings. The first-order chi connectivity index (χ1) is 19.1. The highest BCUT2D eigenvalue weighted by atomic mass is 35.5. The third-order valence-corrected chi connectivity index (χ3v) is 8.50. The molecule has 5 atom stereocenters. The number of likely N-dealkylation sites (tertiary alicyclic amines) is 1. The molecule has 5 rings (SSSR count). The maximum Gasteiger partial charge on any atom is 0.326 e. The molecule has 3 heterocycles. The van der Waals surface area contributed by atoms with Gasteiger partial charge in [0.05, 0.1) is 12.1 Å². The van der Waals surface area contributed by atoms with E-state index >= 15 is 0 Å². The second-order valence-electron chi connectivity index (χ2n) is 11.9. The van der Waals surface area contributed by atoms with E-state index in [0.29, 0.717) is 29.4 Å². The lowest BCUT2D eigenvalue weighted by Gasteiger charge is -2.35. The molecule has 0 bridgehead atoms. The molecular weight excluding hydrogens is 530 g/mol. The van der Waals surface area contributed by atoms with E-state index in [1.54, 1.807) is 11.0 Å². The summed E-state index contributed by atoms with van der Waals surface area (Å²) in [6.45, 7) is 8.73. The van der Waals surface area contributed by atoms with Crippen molar-refractivity contribution in [3.05, 3.63) is 70.4 Å². The molecule has 0 spiro atoms. The van der Waals surface area contributed by atoms with Crippen molar-refractivity contribution in [3.63, 3.8) is 0 Å². The van der Waals surface area contributed by atoms with Gasteiger partial charge in [0.2, 0.25) is 0 Å². The largest absolute Gasteiger partial charge is 0.480 e. The number of carboxylic acid groups (broad SMARTS) is 1. The Kier molecular flexibility index (Phi) is 8.27. The van der Waals surface area contributed by atoms with Crippen LogP contribution in [0.15, 0.2) is 52.9 Å². The Bertz CT molecular complexity index is 1370. The first-order valence-electron chi connectivity index (χ1n) is 14.1. The number of nitrogens with zero attached hydrogens (tertiary/aromatic N) is 1. The van der Waals surface area contributed by atoms with Gasteiger partial charge in [-0.3, -0.25) is 4.79 Å². The molecule has 214 valence electrons. The van der Waals surface area contributed by atoms with Crippen LogP contribution >= 0.6 is 11.6 Å². The lowest BCUT2D eigenvalue weighted by atomic mass is 9.73. The van der Waals surface area contributed by atoms with Gasteiger partial charge in [0, 0.05) is 22.9 Å². The number of carbonyl (C=O) groups excluding carboxylic acids is 1. The van der Waals surface area contributed by atoms with Crippen LogP contribution in [0.3, 0.4) is 0 Å². The normalized spacial score (nSPS) is 25.4. The third kappa shape index (κ3) is 5.52. The minimum atomic E-state index is -1.08. The lowest BCUT2D eigenvalue weighted by molar-refractivity contribution is -0.159. The zero-order valence-electron chi connectivity index (χ0n) is 23.6. The van der Waals surface area contributed by atoms with Gasteiger partial charge in [0.15, 0.2) is 0 Å². The van der Waals surface area contributed by atoms with Gasteiger partial charge in [-0.05, 0) is 66.5 Å². The Labute approximate surface area is 240 Å². The fourth-order valence-electron chi connectivity index (χ4n) is 6.48. The van der Waals surface area contributed by atoms with Gasteiger partial charge >= 0.3 is 5.97 Å². The van der Waals surface area contributed by atoms with Crippen LogP contribution in [0.5, 0.6) is 0 Å². The van der Waals surface area contributed by atoms with E-state index in [-0.39, 0.29) is 12.5 Å². The number of ether oxygens (including phenoxy) is 2. The van der Waals surface area contributed by atoms with Crippen LogP contribution in [0.1, 0.15) is 69.9 Å². The summed E-state index contributed by atoms with van der Waals surface area (Å²) >= 11 is 6.17. The topological polar surface area (TPSA) is 89.2 Å². The zero-order chi connectivity index (χ0) is 28.6. The van der Waals surface area contributed by atoms with Crippen LogP contribution < -0.4 is 0 Å². The van der Waals surface area contributed by atoms with Gasteiger partial charge in [-0.15, -0.1) is 0 Å². The van der Waals surface area contributed by atoms with Crippen molar-refractivity contribution in [3.8, 4) is 0 Å². The Balaban J connectivity index is 1.60. The van der Waals surface area contributed by atoms with Gasteiger partial charge in [0.1, 0.15) is 30.1 Å². The minimum absolute atomic E-state index is 0.128. The SMILES string of the molecule is CCc1ccccc1[C@H]1[C@@H](OCc2cc3cc(Cl)ccc3o2)[C@H](C(C)(C)C)[C@@H](C(=O)O)N1C(=O)[C@@H]1CCCCO1. The quantitative estimate of drug-likeness (QED) is 0.338. The number of hydrogen-bond acceptors (Lipinski definition) is 5. The smallest absolute Gasteiger partial charge is 0.326 e. The summed E-state index contributed by atoms with van der Waals surface area (Å²) in [5.41, 5.74) is 2.18. The predicted molar refractivity (Wildman–Crippen MR) is 153 cm³/mol. The second-order valence-corrected chi connectivity index (χ2v) is 12.4. The molecule has 8 heteroatoms. The molecule has 2 aromatic carbocycles. The first kappa shape index (κ1) is 28.7. The van der Waals surface area contributed by atoms with Crippen LogP contribution in [0, 0.1) is 11.3 Å². The van der Waals surface area contributed by atoms with Crippen LogP contribution in [-0.2, 0) is 32.1 Å². The molecule has 1 aromatic heterocycles. The minimum Gasteiger partial charge on any atom is -0.480 e. The van der Waals surface area contributed by atoms with E-state index in [1.807, 2.05) is 63.2 Å². The molecule has 0 saturated carbocycles. The van der Waals surface area contributed by atoms with Gasteiger partial charge in [-0.25, -0.2) is 4.79 Å². The summed E-state index contributed by atoms with van der Waals surface area (Å²) < 4.78 is 18.6. The molecule has 2 aliphatic heterocycles. The predicted octanol–water partition coefficient (Wildman–Crippen LogP) is 6.80. The van der Waals surface area contributed by atoms with Crippen LogP contribution in [0.25, 0.3) is 11.0 Å². The average Bonchev–Trinajstić information content (AvgIpc) is 3.50. The monoisotopic (exact) mass is 567 g/mol. The summed E-state index contributed by atoms with van der Waals surface area (Å²) in [4.78, 5) is 28.8. The number of carboxylic acids is 1. The maximum atomic E-state index is 14.2. The number of hydrogen-bond donors (Lipinski definition) is 1. The molecule has 1 N–H and O–H groups in total. The van der Waals surface area contributed by atoms with E-state index < -0.39 is 41.6 Å². The van der Waals surface area contributed by atoms with Crippen LogP contribution in [0.4, 0.5) is 0 Å². The summed E-state index contributed by atoms with van der Waals surface area (Å²) in [6, 6.07) is 13.6. The second kappa shape index (κ2) is 11.6. The van der Waals surface area contributed by atoms with E-state index in [1.165, 1.54) is 0 Å². The third-order valence-electron chi connectivity index (χ3n) is 8.27. The fraction of sp³-hybridized carbons (Fsp3) is 0.500. The molecule has 7 nitrogen and oxygen atoms in total. The van der Waals surface area contributed by atoms with Crippen molar-refractivity contribution in [1.29, 1.82) is 0 Å². The van der Waals surface area contributed by atoms with Crippen molar-refractivity contribution >= 4 is 34.4 Å². The molecule has 0 aliphatic carbocycles. The van der Waals surface area contributed by atoms with E-state index in [0.717, 1.165) is 35.8 Å². The summed E-state index contributed by atoms with van der Waals surface area (Å²) in [6.07, 6.45) is 1.83. The number of amides is 1. The molecule has 0 radical (unpaired) electrons. The van der Waals surface area contributed by atoms with E-state index in [2.05, 4.69) is 6.92 Å². The number of carbonyl (C=O) groups is 2. The number of benzene rings is 2. The van der Waals surface area contributed by atoms with Gasteiger partial charge in [-0.2, -0.15) is 0 Å². The lowest BCUT2D eigenvalue weighted by Crippen LogP contribution is -2.51. The Morgan fingerprint density at radius 1 is 1.12 bits per heavy atom. The highest BCUT2D eigenvalue weighted by Crippen LogP contribution is 2.51. The molecule has 2 saturated heterocycles. The van der Waals surface area contributed by atoms with Crippen molar-refractivity contribution in [1.82, 2.24) is 4.90 Å². The highest BCUT2D eigenvalue weighted by molar-refractivity contribution is 6.31. The average molecular weight is 568 g/mol. The molecule has 2 aliphatic rings. The Hall–Kier alpha value is -2.87. The van der Waals surface area contributed by atoms with Crippen LogP contribution in [-0.4, -0.2) is 46.7 Å². The molecule has 40 heavy (non-hydrogen) atoms. The van der Waals surface area contributed by atoms with Crippen molar-refractivity contribution in [2.45, 2.75) is 84.3 Å².